The van der Waals surface area contributed by atoms with Crippen molar-refractivity contribution in [1.82, 2.24) is 15.1 Å². The summed E-state index contributed by atoms with van der Waals surface area (Å²) in [5, 5.41) is 9.11. The molecule has 30 heavy (non-hydrogen) atoms. The Bertz CT molecular complexity index is 1200. The Morgan fingerprint density at radius 2 is 1.83 bits per heavy atom. The Morgan fingerprint density at radius 1 is 1.10 bits per heavy atom. The predicted molar refractivity (Wildman–Crippen MR) is 118 cm³/mol. The molecule has 4 aromatic rings. The van der Waals surface area contributed by atoms with Crippen LogP contribution in [0.2, 0.25) is 5.02 Å². The molecule has 1 heterocycles. The Labute approximate surface area is 179 Å². The lowest BCUT2D eigenvalue weighted by Crippen LogP contribution is -2.27. The van der Waals surface area contributed by atoms with E-state index in [0.29, 0.717) is 22.7 Å². The predicted octanol–water partition coefficient (Wildman–Crippen LogP) is 5.04. The lowest BCUT2D eigenvalue weighted by Gasteiger charge is -2.16. The summed E-state index contributed by atoms with van der Waals surface area (Å²) in [5.41, 5.74) is 3.93. The Morgan fingerprint density at radius 3 is 2.53 bits per heavy atom. The highest BCUT2D eigenvalue weighted by atomic mass is 35.5. The lowest BCUT2D eigenvalue weighted by atomic mass is 10.1. The van der Waals surface area contributed by atoms with Crippen LogP contribution in [-0.4, -0.2) is 22.0 Å². The molecule has 6 heteroatoms. The van der Waals surface area contributed by atoms with E-state index in [1.165, 1.54) is 0 Å². The van der Waals surface area contributed by atoms with Gasteiger partial charge in [0.1, 0.15) is 6.29 Å². The molecule has 1 N–H and O–H groups in total. The molecule has 0 aliphatic rings. The van der Waals surface area contributed by atoms with E-state index >= 15 is 0 Å². The van der Waals surface area contributed by atoms with Crippen molar-refractivity contribution < 1.29 is 9.59 Å². The van der Waals surface area contributed by atoms with Gasteiger partial charge >= 0.3 is 0 Å². The molecule has 3 aromatic carbocycles. The fraction of sp³-hybridized carbons (Fsp3) is 0.125. The van der Waals surface area contributed by atoms with E-state index < -0.39 is 0 Å². The van der Waals surface area contributed by atoms with Gasteiger partial charge in [0.2, 0.25) is 0 Å². The van der Waals surface area contributed by atoms with Crippen molar-refractivity contribution in [1.29, 1.82) is 0 Å². The number of para-hydroxylation sites is 1. The van der Waals surface area contributed by atoms with Gasteiger partial charge in [-0.2, -0.15) is 5.10 Å². The number of nitrogens with zero attached hydrogens (tertiary/aromatic N) is 2. The quantitative estimate of drug-likeness (QED) is 0.447. The number of aromatic nitrogens is 2. The molecule has 0 bridgehead atoms. The molecule has 1 amide bonds. The smallest absolute Gasteiger partial charge is 0.253 e. The minimum absolute atomic E-state index is 0.176. The van der Waals surface area contributed by atoms with Gasteiger partial charge in [-0.25, -0.2) is 0 Å². The van der Waals surface area contributed by atoms with Crippen LogP contribution in [0.25, 0.3) is 10.9 Å². The van der Waals surface area contributed by atoms with Gasteiger partial charge < -0.3 is 5.32 Å². The largest absolute Gasteiger partial charge is 0.345 e. The van der Waals surface area contributed by atoms with E-state index in [1.807, 2.05) is 60.1 Å². The maximum Gasteiger partial charge on any atom is 0.253 e. The van der Waals surface area contributed by atoms with Gasteiger partial charge in [0.25, 0.3) is 5.91 Å². The number of rotatable bonds is 6. The first-order valence-corrected chi connectivity index (χ1v) is 9.98. The number of aldehydes is 1. The number of benzene rings is 3. The highest BCUT2D eigenvalue weighted by Crippen LogP contribution is 2.22. The monoisotopic (exact) mass is 417 g/mol. The SMILES string of the molecule is C[C@H](NC(=O)c1cccc2cnn(Cc3ccc(Cl)cc3)c12)c1ccc(C=O)cc1. The maximum atomic E-state index is 13.1. The Kier molecular flexibility index (Phi) is 5.63. The number of hydrogen-bond donors (Lipinski definition) is 1. The summed E-state index contributed by atoms with van der Waals surface area (Å²) in [6.07, 6.45) is 2.57. The normalized spacial score (nSPS) is 11.9. The van der Waals surface area contributed by atoms with E-state index in [0.717, 1.165) is 28.3 Å². The second-order valence-corrected chi connectivity index (χ2v) is 7.59. The molecule has 0 aliphatic carbocycles. The van der Waals surface area contributed by atoms with Gasteiger partial charge in [0.05, 0.1) is 29.9 Å². The number of nitrogens with one attached hydrogen (secondary N) is 1. The number of carbonyl (C=O) groups is 2. The van der Waals surface area contributed by atoms with Gasteiger partial charge in [0, 0.05) is 16.0 Å². The van der Waals surface area contributed by atoms with Gasteiger partial charge in [0.15, 0.2) is 0 Å². The molecular formula is C24H20ClN3O2. The Hall–Kier alpha value is -3.44. The topological polar surface area (TPSA) is 64.0 Å². The van der Waals surface area contributed by atoms with E-state index in [4.69, 9.17) is 11.6 Å². The van der Waals surface area contributed by atoms with Crippen LogP contribution >= 0.6 is 11.6 Å². The van der Waals surface area contributed by atoms with Crippen molar-refractivity contribution >= 4 is 34.7 Å². The van der Waals surface area contributed by atoms with Gasteiger partial charge in [-0.05, 0) is 36.2 Å². The molecule has 0 fully saturated rings. The first-order valence-electron chi connectivity index (χ1n) is 9.60. The molecule has 4 rings (SSSR count). The summed E-state index contributed by atoms with van der Waals surface area (Å²) >= 11 is 5.98. The van der Waals surface area contributed by atoms with Crippen LogP contribution in [-0.2, 0) is 6.54 Å². The summed E-state index contributed by atoms with van der Waals surface area (Å²) in [7, 11) is 0. The standard InChI is InChI=1S/C24H20ClN3O2/c1-16(19-9-5-18(15-29)6-10-19)27-24(30)22-4-2-3-20-13-26-28(23(20)22)14-17-7-11-21(25)12-8-17/h2-13,15-16H,14H2,1H3,(H,27,30)/t16-/m0/s1. The molecule has 0 radical (unpaired) electrons. The third-order valence-corrected chi connectivity index (χ3v) is 5.32. The van der Waals surface area contributed by atoms with E-state index in [1.54, 1.807) is 24.4 Å². The average molecular weight is 418 g/mol. The second kappa shape index (κ2) is 8.51. The number of amides is 1. The molecule has 5 nitrogen and oxygen atoms in total. The third-order valence-electron chi connectivity index (χ3n) is 5.07. The Balaban J connectivity index is 1.61. The fourth-order valence-corrected chi connectivity index (χ4v) is 3.56. The number of carbonyl (C=O) groups excluding carboxylic acids is 2. The van der Waals surface area contributed by atoms with Crippen LogP contribution in [0, 0.1) is 0 Å². The van der Waals surface area contributed by atoms with Crippen molar-refractivity contribution in [3.63, 3.8) is 0 Å². The summed E-state index contributed by atoms with van der Waals surface area (Å²) in [4.78, 5) is 23.9. The van der Waals surface area contributed by atoms with Gasteiger partial charge in [-0.1, -0.05) is 60.1 Å². The molecule has 0 saturated heterocycles. The van der Waals surface area contributed by atoms with Crippen molar-refractivity contribution in [2.45, 2.75) is 19.5 Å². The van der Waals surface area contributed by atoms with Gasteiger partial charge in [-0.15, -0.1) is 0 Å². The molecule has 0 saturated carbocycles. The molecule has 0 aliphatic heterocycles. The first kappa shape index (κ1) is 19.9. The van der Waals surface area contributed by atoms with E-state index in [-0.39, 0.29) is 11.9 Å². The second-order valence-electron chi connectivity index (χ2n) is 7.15. The molecular weight excluding hydrogens is 398 g/mol. The molecule has 150 valence electrons. The lowest BCUT2D eigenvalue weighted by molar-refractivity contribution is 0.0940. The first-order chi connectivity index (χ1) is 14.5. The highest BCUT2D eigenvalue weighted by molar-refractivity contribution is 6.30. The van der Waals surface area contributed by atoms with Crippen LogP contribution in [0.15, 0.2) is 72.9 Å². The minimum Gasteiger partial charge on any atom is -0.345 e. The maximum absolute atomic E-state index is 13.1. The summed E-state index contributed by atoms with van der Waals surface area (Å²) in [6, 6.07) is 20.2. The zero-order chi connectivity index (χ0) is 21.1. The van der Waals surface area contributed by atoms with Crippen molar-refractivity contribution in [2.75, 3.05) is 0 Å². The van der Waals surface area contributed by atoms with Crippen molar-refractivity contribution in [3.05, 3.63) is 100 Å². The number of fused-ring (bicyclic) bond motifs is 1. The van der Waals surface area contributed by atoms with E-state index in [9.17, 15) is 9.59 Å². The molecule has 1 aromatic heterocycles. The van der Waals surface area contributed by atoms with Crippen LogP contribution in [0.5, 0.6) is 0 Å². The fourth-order valence-electron chi connectivity index (χ4n) is 3.43. The van der Waals surface area contributed by atoms with Crippen LogP contribution in [0.1, 0.15) is 44.8 Å². The zero-order valence-electron chi connectivity index (χ0n) is 16.4. The molecule has 0 unspecified atom stereocenters. The molecule has 1 atom stereocenters. The van der Waals surface area contributed by atoms with Crippen LogP contribution in [0.4, 0.5) is 0 Å². The summed E-state index contributed by atoms with van der Waals surface area (Å²) in [6.45, 7) is 2.45. The van der Waals surface area contributed by atoms with Gasteiger partial charge in [-0.3, -0.25) is 14.3 Å². The summed E-state index contributed by atoms with van der Waals surface area (Å²) < 4.78 is 1.83. The third kappa shape index (κ3) is 4.11. The van der Waals surface area contributed by atoms with E-state index in [2.05, 4.69) is 10.4 Å². The zero-order valence-corrected chi connectivity index (χ0v) is 17.1. The van der Waals surface area contributed by atoms with Crippen LogP contribution in [0.3, 0.4) is 0 Å². The minimum atomic E-state index is -0.207. The highest BCUT2D eigenvalue weighted by Gasteiger charge is 2.17. The number of halogens is 1. The average Bonchev–Trinajstić information content (AvgIpc) is 3.18. The summed E-state index contributed by atoms with van der Waals surface area (Å²) in [5.74, 6) is -0.176. The molecule has 0 spiro atoms. The van der Waals surface area contributed by atoms with Crippen molar-refractivity contribution in [3.8, 4) is 0 Å². The van der Waals surface area contributed by atoms with Crippen LogP contribution < -0.4 is 5.32 Å². The van der Waals surface area contributed by atoms with Crippen molar-refractivity contribution in [2.24, 2.45) is 0 Å². The number of hydrogen-bond acceptors (Lipinski definition) is 3.